The molecule has 1 N–H and O–H groups in total. The summed E-state index contributed by atoms with van der Waals surface area (Å²) >= 11 is 1.44. The molecule has 148 valence electrons. The lowest BCUT2D eigenvalue weighted by Gasteiger charge is -2.28. The Labute approximate surface area is 166 Å². The van der Waals surface area contributed by atoms with Crippen molar-refractivity contribution in [2.45, 2.75) is 33.6 Å². The molecule has 28 heavy (non-hydrogen) atoms. The SMILES string of the molecule is COc1ccc(Sc2ccc(S(=O)(=O)N3CCC(O)CC3)c3nonc23)cc1. The van der Waals surface area contributed by atoms with Gasteiger partial charge in [0.2, 0.25) is 10.0 Å². The lowest BCUT2D eigenvalue weighted by Crippen LogP contribution is -2.40. The highest BCUT2D eigenvalue weighted by Crippen LogP contribution is 2.36. The minimum atomic E-state index is -3.75. The molecule has 1 fully saturated rings. The summed E-state index contributed by atoms with van der Waals surface area (Å²) in [6.45, 7) is 0.553. The Bertz CT molecular complexity index is 1070. The molecule has 0 aliphatic carbocycles. The van der Waals surface area contributed by atoms with Crippen LogP contribution >= 0.6 is 11.8 Å². The third-order valence-corrected chi connectivity index (χ3v) is 7.66. The molecule has 2 aromatic carbocycles. The molecule has 0 spiro atoms. The van der Waals surface area contributed by atoms with E-state index in [4.69, 9.17) is 9.37 Å². The van der Waals surface area contributed by atoms with E-state index in [2.05, 4.69) is 10.3 Å². The van der Waals surface area contributed by atoms with Gasteiger partial charge in [-0.1, -0.05) is 11.8 Å². The van der Waals surface area contributed by atoms with Crippen molar-refractivity contribution in [3.63, 3.8) is 0 Å². The van der Waals surface area contributed by atoms with E-state index in [0.29, 0.717) is 18.4 Å². The third-order valence-electron chi connectivity index (χ3n) is 4.67. The van der Waals surface area contributed by atoms with Crippen LogP contribution in [-0.4, -0.2) is 54.4 Å². The normalized spacial score (nSPS) is 16.5. The van der Waals surface area contributed by atoms with Crippen LogP contribution < -0.4 is 4.74 Å². The number of sulfonamides is 1. The standard InChI is InChI=1S/C18H19N3O5S2/c1-25-13-2-4-14(5-3-13)27-15-6-7-16(18-17(15)19-26-20-18)28(23,24)21-10-8-12(22)9-11-21/h2-7,12,22H,8-11H2,1H3. The topological polar surface area (TPSA) is 106 Å². The van der Waals surface area contributed by atoms with Crippen molar-refractivity contribution < 1.29 is 22.9 Å². The fourth-order valence-corrected chi connectivity index (χ4v) is 5.58. The highest BCUT2D eigenvalue weighted by atomic mass is 32.2. The van der Waals surface area contributed by atoms with Crippen LogP contribution in [0.25, 0.3) is 11.0 Å². The molecular weight excluding hydrogens is 402 g/mol. The van der Waals surface area contributed by atoms with Crippen molar-refractivity contribution in [3.05, 3.63) is 36.4 Å². The zero-order chi connectivity index (χ0) is 19.7. The summed E-state index contributed by atoms with van der Waals surface area (Å²) in [7, 11) is -2.14. The molecule has 0 atom stereocenters. The Morgan fingerprint density at radius 1 is 1.11 bits per heavy atom. The number of nitrogens with zero attached hydrogens (tertiary/aromatic N) is 3. The Morgan fingerprint density at radius 3 is 2.46 bits per heavy atom. The number of fused-ring (bicyclic) bond motifs is 1. The quantitative estimate of drug-likeness (QED) is 0.670. The molecular formula is C18H19N3O5S2. The van der Waals surface area contributed by atoms with Crippen LogP contribution in [0.2, 0.25) is 0 Å². The largest absolute Gasteiger partial charge is 0.497 e. The van der Waals surface area contributed by atoms with Crippen molar-refractivity contribution in [3.8, 4) is 5.75 Å². The maximum atomic E-state index is 13.1. The van der Waals surface area contributed by atoms with Gasteiger partial charge in [-0.2, -0.15) is 4.31 Å². The van der Waals surface area contributed by atoms with Crippen molar-refractivity contribution >= 4 is 32.8 Å². The first-order valence-electron chi connectivity index (χ1n) is 8.74. The van der Waals surface area contributed by atoms with Gasteiger partial charge >= 0.3 is 0 Å². The molecule has 2 heterocycles. The summed E-state index contributed by atoms with van der Waals surface area (Å²) in [6.07, 6.45) is 0.388. The van der Waals surface area contributed by atoms with Crippen LogP contribution in [0.15, 0.2) is 55.7 Å². The summed E-state index contributed by atoms with van der Waals surface area (Å²) < 4.78 is 37.5. The van der Waals surface area contributed by atoms with Gasteiger partial charge in [0, 0.05) is 22.9 Å². The number of hydrogen-bond donors (Lipinski definition) is 1. The average Bonchev–Trinajstić information content (AvgIpc) is 3.19. The van der Waals surface area contributed by atoms with Crippen LogP contribution in [0.1, 0.15) is 12.8 Å². The van der Waals surface area contributed by atoms with Crippen LogP contribution in [0.4, 0.5) is 0 Å². The predicted molar refractivity (Wildman–Crippen MR) is 103 cm³/mol. The first kappa shape index (κ1) is 19.2. The third kappa shape index (κ3) is 3.60. The Hall–Kier alpha value is -2.14. The summed E-state index contributed by atoms with van der Waals surface area (Å²) in [5.41, 5.74) is 0.614. The fourth-order valence-electron chi connectivity index (χ4n) is 3.10. The summed E-state index contributed by atoms with van der Waals surface area (Å²) in [4.78, 5) is 1.76. The fraction of sp³-hybridized carbons (Fsp3) is 0.333. The van der Waals surface area contributed by atoms with E-state index >= 15 is 0 Å². The van der Waals surface area contributed by atoms with Crippen molar-refractivity contribution in [1.29, 1.82) is 0 Å². The van der Waals surface area contributed by atoms with E-state index in [-0.39, 0.29) is 23.5 Å². The van der Waals surface area contributed by atoms with Crippen LogP contribution in [0.5, 0.6) is 5.75 Å². The maximum absolute atomic E-state index is 13.1. The van der Waals surface area contributed by atoms with E-state index in [0.717, 1.165) is 15.5 Å². The molecule has 8 nitrogen and oxygen atoms in total. The molecule has 1 aromatic heterocycles. The molecule has 0 bridgehead atoms. The zero-order valence-electron chi connectivity index (χ0n) is 15.1. The highest BCUT2D eigenvalue weighted by Gasteiger charge is 2.31. The number of aromatic nitrogens is 2. The second kappa shape index (κ2) is 7.70. The van der Waals surface area contributed by atoms with Crippen LogP contribution in [0.3, 0.4) is 0 Å². The van der Waals surface area contributed by atoms with Gasteiger partial charge in [-0.25, -0.2) is 13.0 Å². The van der Waals surface area contributed by atoms with Crippen molar-refractivity contribution in [2.75, 3.05) is 20.2 Å². The highest BCUT2D eigenvalue weighted by molar-refractivity contribution is 7.99. The van der Waals surface area contributed by atoms with E-state index < -0.39 is 16.1 Å². The number of piperidine rings is 1. The van der Waals surface area contributed by atoms with E-state index in [1.807, 2.05) is 24.3 Å². The Morgan fingerprint density at radius 2 is 1.79 bits per heavy atom. The van der Waals surface area contributed by atoms with E-state index in [9.17, 15) is 13.5 Å². The second-order valence-corrected chi connectivity index (χ2v) is 9.46. The number of ether oxygens (including phenoxy) is 1. The van der Waals surface area contributed by atoms with Gasteiger partial charge in [-0.05, 0) is 59.6 Å². The van der Waals surface area contributed by atoms with Gasteiger partial charge in [0.25, 0.3) is 0 Å². The van der Waals surface area contributed by atoms with Gasteiger partial charge in [0.05, 0.1) is 13.2 Å². The van der Waals surface area contributed by atoms with Crippen LogP contribution in [-0.2, 0) is 10.0 Å². The van der Waals surface area contributed by atoms with E-state index in [1.165, 1.54) is 16.1 Å². The number of hydrogen-bond acceptors (Lipinski definition) is 8. The first-order valence-corrected chi connectivity index (χ1v) is 11.0. The van der Waals surface area contributed by atoms with Crippen molar-refractivity contribution in [2.24, 2.45) is 0 Å². The summed E-state index contributed by atoms with van der Waals surface area (Å²) in [6, 6.07) is 10.8. The monoisotopic (exact) mass is 421 g/mol. The Balaban J connectivity index is 1.67. The zero-order valence-corrected chi connectivity index (χ0v) is 16.7. The molecule has 0 radical (unpaired) electrons. The molecule has 0 saturated carbocycles. The first-order chi connectivity index (χ1) is 13.5. The van der Waals surface area contributed by atoms with Crippen LogP contribution in [0, 0.1) is 0 Å². The molecule has 4 rings (SSSR count). The predicted octanol–water partition coefficient (Wildman–Crippen LogP) is 2.53. The molecule has 10 heteroatoms. The van der Waals surface area contributed by atoms with Gasteiger partial charge in [0.1, 0.15) is 10.6 Å². The molecule has 1 aliphatic rings. The van der Waals surface area contributed by atoms with Gasteiger partial charge < -0.3 is 9.84 Å². The summed E-state index contributed by atoms with van der Waals surface area (Å²) in [5, 5.41) is 17.4. The van der Waals surface area contributed by atoms with Gasteiger partial charge in [-0.3, -0.25) is 0 Å². The smallest absolute Gasteiger partial charge is 0.245 e. The molecule has 3 aromatic rings. The second-order valence-electron chi connectivity index (χ2n) is 6.44. The maximum Gasteiger partial charge on any atom is 0.245 e. The molecule has 0 unspecified atom stereocenters. The van der Waals surface area contributed by atoms with Gasteiger partial charge in [0.15, 0.2) is 11.0 Å². The minimum Gasteiger partial charge on any atom is -0.497 e. The van der Waals surface area contributed by atoms with Gasteiger partial charge in [-0.15, -0.1) is 0 Å². The molecule has 1 aliphatic heterocycles. The minimum absolute atomic E-state index is 0.0687. The molecule has 1 saturated heterocycles. The van der Waals surface area contributed by atoms with Crippen molar-refractivity contribution in [1.82, 2.24) is 14.6 Å². The number of benzene rings is 2. The number of aliphatic hydroxyl groups excluding tert-OH is 1. The number of aliphatic hydroxyl groups is 1. The molecule has 0 amide bonds. The lowest BCUT2D eigenvalue weighted by molar-refractivity contribution is 0.113. The summed E-state index contributed by atoms with van der Waals surface area (Å²) in [5.74, 6) is 0.755. The number of methoxy groups -OCH3 is 1. The number of rotatable bonds is 5. The lowest BCUT2D eigenvalue weighted by atomic mass is 10.1. The van der Waals surface area contributed by atoms with E-state index in [1.54, 1.807) is 19.2 Å². The average molecular weight is 422 g/mol. The Kier molecular flexibility index (Phi) is 5.28.